The van der Waals surface area contributed by atoms with E-state index in [-0.39, 0.29) is 23.9 Å². The highest BCUT2D eigenvalue weighted by Crippen LogP contribution is 2.39. The third kappa shape index (κ3) is 4.40. The van der Waals surface area contributed by atoms with Gasteiger partial charge in [-0.25, -0.2) is 0 Å². The molecule has 1 aliphatic heterocycles. The average molecular weight is 394 g/mol. The third-order valence-electron chi connectivity index (χ3n) is 5.55. The monoisotopic (exact) mass is 393 g/mol. The summed E-state index contributed by atoms with van der Waals surface area (Å²) in [4.78, 5) is 15.3. The Hall–Kier alpha value is -1.13. The van der Waals surface area contributed by atoms with Crippen LogP contribution in [0.5, 0.6) is 0 Å². The second kappa shape index (κ2) is 8.71. The third-order valence-corrected chi connectivity index (χ3v) is 7.73. The first-order valence-corrected chi connectivity index (χ1v) is 11.4. The molecular weight excluding hydrogens is 366 g/mol. The quantitative estimate of drug-likeness (QED) is 0.590. The molecule has 142 valence electrons. The maximum Gasteiger partial charge on any atom is 0.226 e. The number of hydrogen-bond donors (Lipinski definition) is 0. The van der Waals surface area contributed by atoms with Crippen LogP contribution in [0.25, 0.3) is 0 Å². The number of carbonyl (C=O) groups excluding carboxylic acids is 1. The number of amides is 1. The molecule has 26 heavy (non-hydrogen) atoms. The standard InChI is InChI=1S/C21H28ClNO2S/c1-3-5-16-8-13-20(15-6-9-17(22)10-7-15)23(21(16)24)18(4-2)14-26(25)19-11-12-19/h3,6-7,9-10,16,18-20H,1,4-5,8,11-14H2,2H3. The fraction of sp³-hybridized carbons (Fsp3) is 0.571. The molecule has 0 N–H and O–H groups in total. The van der Waals surface area contributed by atoms with Crippen molar-refractivity contribution < 1.29 is 9.00 Å². The molecule has 1 aromatic carbocycles. The van der Waals surface area contributed by atoms with Gasteiger partial charge in [0.1, 0.15) is 0 Å². The molecule has 1 saturated carbocycles. The van der Waals surface area contributed by atoms with Crippen LogP contribution in [0, 0.1) is 5.92 Å². The van der Waals surface area contributed by atoms with Gasteiger partial charge < -0.3 is 4.90 Å². The molecule has 0 spiro atoms. The molecule has 0 aromatic heterocycles. The zero-order valence-electron chi connectivity index (χ0n) is 15.4. The Kier molecular flexibility index (Phi) is 6.57. The molecule has 1 saturated heterocycles. The van der Waals surface area contributed by atoms with Gasteiger partial charge in [-0.15, -0.1) is 6.58 Å². The van der Waals surface area contributed by atoms with Crippen LogP contribution >= 0.6 is 11.6 Å². The van der Waals surface area contributed by atoms with E-state index < -0.39 is 10.8 Å². The van der Waals surface area contributed by atoms with Crippen molar-refractivity contribution in [3.05, 3.63) is 47.5 Å². The first kappa shape index (κ1) is 19.6. The summed E-state index contributed by atoms with van der Waals surface area (Å²) in [6, 6.07) is 7.88. The van der Waals surface area contributed by atoms with Gasteiger partial charge >= 0.3 is 0 Å². The fourth-order valence-corrected chi connectivity index (χ4v) is 5.74. The topological polar surface area (TPSA) is 37.4 Å². The van der Waals surface area contributed by atoms with Crippen LogP contribution in [-0.2, 0) is 15.6 Å². The molecule has 2 fully saturated rings. The van der Waals surface area contributed by atoms with Crippen LogP contribution in [0.2, 0.25) is 5.02 Å². The predicted octanol–water partition coefficient (Wildman–Crippen LogP) is 4.89. The lowest BCUT2D eigenvalue weighted by molar-refractivity contribution is -0.144. The smallest absolute Gasteiger partial charge is 0.226 e. The Morgan fingerprint density at radius 3 is 2.54 bits per heavy atom. The van der Waals surface area contributed by atoms with Crippen LogP contribution in [0.3, 0.4) is 0 Å². The summed E-state index contributed by atoms with van der Waals surface area (Å²) >= 11 is 6.05. The molecule has 3 rings (SSSR count). The Bertz CT molecular complexity index is 671. The van der Waals surface area contributed by atoms with Crippen molar-refractivity contribution in [2.24, 2.45) is 5.92 Å². The van der Waals surface area contributed by atoms with Crippen molar-refractivity contribution in [2.75, 3.05) is 5.75 Å². The number of allylic oxidation sites excluding steroid dienone is 1. The summed E-state index contributed by atoms with van der Waals surface area (Å²) in [5, 5.41) is 1.05. The van der Waals surface area contributed by atoms with Gasteiger partial charge in [-0.05, 0) is 56.2 Å². The van der Waals surface area contributed by atoms with Crippen molar-refractivity contribution in [3.8, 4) is 0 Å². The first-order chi connectivity index (χ1) is 12.5. The summed E-state index contributed by atoms with van der Waals surface area (Å²) in [5.74, 6) is 0.785. The van der Waals surface area contributed by atoms with Crippen molar-refractivity contribution in [2.45, 2.75) is 62.8 Å². The maximum atomic E-state index is 13.3. The number of hydrogen-bond acceptors (Lipinski definition) is 2. The minimum Gasteiger partial charge on any atom is -0.332 e. The Morgan fingerprint density at radius 1 is 1.27 bits per heavy atom. The van der Waals surface area contributed by atoms with Gasteiger partial charge in [-0.2, -0.15) is 0 Å². The van der Waals surface area contributed by atoms with E-state index in [0.717, 1.165) is 37.7 Å². The normalized spacial score (nSPS) is 25.8. The van der Waals surface area contributed by atoms with Gasteiger partial charge in [0.2, 0.25) is 5.91 Å². The van der Waals surface area contributed by atoms with Crippen LogP contribution < -0.4 is 0 Å². The Balaban J connectivity index is 1.87. The minimum absolute atomic E-state index is 0.000499. The van der Waals surface area contributed by atoms with Crippen molar-refractivity contribution in [3.63, 3.8) is 0 Å². The summed E-state index contributed by atoms with van der Waals surface area (Å²) in [6.07, 6.45) is 7.31. The van der Waals surface area contributed by atoms with Crippen LogP contribution in [-0.4, -0.2) is 32.1 Å². The molecule has 1 aromatic rings. The zero-order chi connectivity index (χ0) is 18.7. The molecule has 1 aliphatic carbocycles. The second-order valence-electron chi connectivity index (χ2n) is 7.42. The molecule has 1 heterocycles. The van der Waals surface area contributed by atoms with E-state index in [1.54, 1.807) is 0 Å². The van der Waals surface area contributed by atoms with Crippen LogP contribution in [0.4, 0.5) is 0 Å². The van der Waals surface area contributed by atoms with E-state index in [0.29, 0.717) is 22.4 Å². The highest BCUT2D eigenvalue weighted by Gasteiger charge is 2.40. The molecule has 0 bridgehead atoms. The lowest BCUT2D eigenvalue weighted by Gasteiger charge is -2.44. The summed E-state index contributed by atoms with van der Waals surface area (Å²) in [5.41, 5.74) is 1.12. The Labute approximate surface area is 164 Å². The molecule has 5 heteroatoms. The van der Waals surface area contributed by atoms with E-state index >= 15 is 0 Å². The Morgan fingerprint density at radius 2 is 1.96 bits per heavy atom. The maximum absolute atomic E-state index is 13.3. The molecular formula is C21H28ClNO2S. The van der Waals surface area contributed by atoms with Crippen molar-refractivity contribution in [1.82, 2.24) is 4.90 Å². The van der Waals surface area contributed by atoms with E-state index in [1.807, 2.05) is 35.2 Å². The number of halogens is 1. The van der Waals surface area contributed by atoms with Crippen LogP contribution in [0.15, 0.2) is 36.9 Å². The summed E-state index contributed by atoms with van der Waals surface area (Å²) in [7, 11) is -0.832. The molecule has 0 radical (unpaired) electrons. The molecule has 2 aliphatic rings. The number of carbonyl (C=O) groups is 1. The second-order valence-corrected chi connectivity index (χ2v) is 9.62. The highest BCUT2D eigenvalue weighted by molar-refractivity contribution is 7.86. The molecule has 4 atom stereocenters. The van der Waals surface area contributed by atoms with E-state index in [1.165, 1.54) is 0 Å². The molecule has 1 amide bonds. The number of piperidine rings is 1. The predicted molar refractivity (Wildman–Crippen MR) is 109 cm³/mol. The SMILES string of the molecule is C=CCC1CCC(c2ccc(Cl)cc2)N(C(CC)CS(=O)C2CC2)C1=O. The van der Waals surface area contributed by atoms with E-state index in [9.17, 15) is 9.00 Å². The fourth-order valence-electron chi connectivity index (χ4n) is 3.90. The minimum atomic E-state index is -0.832. The van der Waals surface area contributed by atoms with E-state index in [2.05, 4.69) is 13.5 Å². The summed E-state index contributed by atoms with van der Waals surface area (Å²) in [6.45, 7) is 5.91. The largest absolute Gasteiger partial charge is 0.332 e. The molecule has 3 nitrogen and oxygen atoms in total. The van der Waals surface area contributed by atoms with Gasteiger partial charge in [-0.3, -0.25) is 9.00 Å². The summed E-state index contributed by atoms with van der Waals surface area (Å²) < 4.78 is 12.6. The number of benzene rings is 1. The van der Waals surface area contributed by atoms with Crippen molar-refractivity contribution >= 4 is 28.3 Å². The number of rotatable bonds is 8. The average Bonchev–Trinajstić information content (AvgIpc) is 3.47. The van der Waals surface area contributed by atoms with Gasteiger partial charge in [0, 0.05) is 38.8 Å². The van der Waals surface area contributed by atoms with Crippen LogP contribution in [0.1, 0.15) is 57.1 Å². The van der Waals surface area contributed by atoms with Gasteiger partial charge in [0.05, 0.1) is 6.04 Å². The number of likely N-dealkylation sites (tertiary alicyclic amines) is 1. The van der Waals surface area contributed by atoms with E-state index in [4.69, 9.17) is 11.6 Å². The lowest BCUT2D eigenvalue weighted by Crippen LogP contribution is -2.50. The molecule has 4 unspecified atom stereocenters. The van der Waals surface area contributed by atoms with Crippen molar-refractivity contribution in [1.29, 1.82) is 0 Å². The van der Waals surface area contributed by atoms with Gasteiger partial charge in [-0.1, -0.05) is 36.7 Å². The zero-order valence-corrected chi connectivity index (χ0v) is 17.0. The van der Waals surface area contributed by atoms with Gasteiger partial charge in [0.25, 0.3) is 0 Å². The van der Waals surface area contributed by atoms with Gasteiger partial charge in [0.15, 0.2) is 0 Å². The first-order valence-electron chi connectivity index (χ1n) is 9.60. The highest BCUT2D eigenvalue weighted by atomic mass is 35.5. The lowest BCUT2D eigenvalue weighted by atomic mass is 9.85. The number of nitrogens with zero attached hydrogens (tertiary/aromatic N) is 1.